The summed E-state index contributed by atoms with van der Waals surface area (Å²) < 4.78 is 15.0. The molecule has 0 spiro atoms. The molecule has 0 saturated heterocycles. The molecule has 1 atom stereocenters. The van der Waals surface area contributed by atoms with Crippen molar-refractivity contribution in [3.63, 3.8) is 0 Å². The van der Waals surface area contributed by atoms with Crippen LogP contribution in [0, 0.1) is 6.92 Å². The van der Waals surface area contributed by atoms with Gasteiger partial charge in [-0.25, -0.2) is 4.79 Å². The van der Waals surface area contributed by atoms with Gasteiger partial charge in [0.15, 0.2) is 12.4 Å². The smallest absolute Gasteiger partial charge is 0.343 e. The van der Waals surface area contributed by atoms with Crippen molar-refractivity contribution in [2.75, 3.05) is 19.0 Å². The highest BCUT2D eigenvalue weighted by Gasteiger charge is 2.23. The van der Waals surface area contributed by atoms with Gasteiger partial charge < -0.3 is 24.5 Å². The highest BCUT2D eigenvalue weighted by molar-refractivity contribution is 6.00. The number of furan rings is 1. The summed E-state index contributed by atoms with van der Waals surface area (Å²) in [5, 5.41) is 5.59. The molecule has 3 rings (SSSR count). The molecule has 3 aromatic rings. The Morgan fingerprint density at radius 3 is 2.47 bits per heavy atom. The quantitative estimate of drug-likeness (QED) is 0.499. The van der Waals surface area contributed by atoms with Gasteiger partial charge in [-0.15, -0.1) is 0 Å². The third-order valence-electron chi connectivity index (χ3n) is 4.69. The van der Waals surface area contributed by atoms with E-state index in [1.807, 2.05) is 30.3 Å². The van der Waals surface area contributed by atoms with E-state index in [4.69, 9.17) is 9.15 Å². The molecule has 32 heavy (non-hydrogen) atoms. The van der Waals surface area contributed by atoms with Crippen molar-refractivity contribution in [2.24, 2.45) is 0 Å². The normalized spacial score (nSPS) is 11.3. The van der Waals surface area contributed by atoms with E-state index in [0.717, 1.165) is 11.1 Å². The second-order valence-corrected chi connectivity index (χ2v) is 7.02. The van der Waals surface area contributed by atoms with Gasteiger partial charge in [0.1, 0.15) is 11.8 Å². The molecule has 166 valence electrons. The van der Waals surface area contributed by atoms with Crippen molar-refractivity contribution >= 4 is 23.5 Å². The van der Waals surface area contributed by atoms with Crippen LogP contribution in [-0.2, 0) is 20.7 Å². The number of carbonyl (C=O) groups is 3. The minimum Gasteiger partial charge on any atom is -0.482 e. The lowest BCUT2D eigenvalue weighted by Gasteiger charge is -2.19. The van der Waals surface area contributed by atoms with Gasteiger partial charge in [-0.2, -0.15) is 0 Å². The predicted octanol–water partition coefficient (Wildman–Crippen LogP) is 3.12. The Morgan fingerprint density at radius 1 is 1.03 bits per heavy atom. The number of esters is 1. The molecular weight excluding hydrogens is 412 g/mol. The number of methoxy groups -OCH3 is 1. The largest absolute Gasteiger partial charge is 0.482 e. The lowest BCUT2D eigenvalue weighted by atomic mass is 10.0. The Morgan fingerprint density at radius 2 is 1.81 bits per heavy atom. The van der Waals surface area contributed by atoms with Crippen LogP contribution < -0.4 is 15.4 Å². The lowest BCUT2D eigenvalue weighted by Crippen LogP contribution is -2.45. The average molecular weight is 436 g/mol. The first-order valence-electron chi connectivity index (χ1n) is 9.95. The molecule has 0 saturated carbocycles. The highest BCUT2D eigenvalue weighted by atomic mass is 16.6. The number of hydrogen-bond acceptors (Lipinski definition) is 6. The molecule has 1 aromatic heterocycles. The van der Waals surface area contributed by atoms with Crippen molar-refractivity contribution in [1.29, 1.82) is 0 Å². The Bertz CT molecular complexity index is 1060. The molecule has 0 fully saturated rings. The molecule has 0 bridgehead atoms. The van der Waals surface area contributed by atoms with Gasteiger partial charge in [-0.05, 0) is 48.4 Å². The zero-order valence-corrected chi connectivity index (χ0v) is 17.8. The van der Waals surface area contributed by atoms with Crippen LogP contribution in [-0.4, -0.2) is 37.5 Å². The molecule has 2 aromatic carbocycles. The summed E-state index contributed by atoms with van der Waals surface area (Å²) in [6.45, 7) is 1.59. The van der Waals surface area contributed by atoms with Gasteiger partial charge in [0.2, 0.25) is 5.91 Å². The van der Waals surface area contributed by atoms with E-state index in [2.05, 4.69) is 15.4 Å². The number of ether oxygens (including phenoxy) is 2. The van der Waals surface area contributed by atoms with E-state index in [9.17, 15) is 14.4 Å². The van der Waals surface area contributed by atoms with E-state index >= 15 is 0 Å². The third kappa shape index (κ3) is 6.21. The minimum atomic E-state index is -0.829. The van der Waals surface area contributed by atoms with Crippen LogP contribution in [0.5, 0.6) is 5.75 Å². The van der Waals surface area contributed by atoms with Crippen LogP contribution in [0.15, 0.2) is 71.3 Å². The van der Waals surface area contributed by atoms with Gasteiger partial charge in [-0.3, -0.25) is 9.59 Å². The number of carbonyl (C=O) groups excluding carboxylic acids is 3. The van der Waals surface area contributed by atoms with E-state index in [1.165, 1.54) is 19.4 Å². The van der Waals surface area contributed by atoms with Crippen LogP contribution in [0.1, 0.15) is 21.7 Å². The SMILES string of the molecule is COC(=O)COc1ccc(NC(=O)C(Cc2ccccc2)NC(=O)c2ccco2)c(C)c1. The number of amides is 2. The number of hydrogen-bond donors (Lipinski definition) is 2. The fraction of sp³-hybridized carbons (Fsp3) is 0.208. The monoisotopic (exact) mass is 436 g/mol. The molecule has 8 nitrogen and oxygen atoms in total. The number of benzene rings is 2. The van der Waals surface area contributed by atoms with E-state index in [-0.39, 0.29) is 18.3 Å². The number of anilines is 1. The van der Waals surface area contributed by atoms with Crippen molar-refractivity contribution in [1.82, 2.24) is 5.32 Å². The first-order valence-corrected chi connectivity index (χ1v) is 9.95. The average Bonchev–Trinajstić information content (AvgIpc) is 3.34. The van der Waals surface area contributed by atoms with Crippen molar-refractivity contribution < 1.29 is 28.3 Å². The topological polar surface area (TPSA) is 107 Å². The van der Waals surface area contributed by atoms with Gasteiger partial charge in [0, 0.05) is 12.1 Å². The van der Waals surface area contributed by atoms with Crippen LogP contribution in [0.4, 0.5) is 5.69 Å². The Hall–Kier alpha value is -4.07. The molecular formula is C24H24N2O6. The second-order valence-electron chi connectivity index (χ2n) is 7.02. The molecule has 8 heteroatoms. The van der Waals surface area contributed by atoms with Crippen LogP contribution in [0.2, 0.25) is 0 Å². The summed E-state index contributed by atoms with van der Waals surface area (Å²) in [6.07, 6.45) is 1.70. The zero-order valence-electron chi connectivity index (χ0n) is 17.8. The molecule has 0 radical (unpaired) electrons. The first-order chi connectivity index (χ1) is 15.5. The van der Waals surface area contributed by atoms with E-state index < -0.39 is 17.9 Å². The Balaban J connectivity index is 1.72. The van der Waals surface area contributed by atoms with Gasteiger partial charge >= 0.3 is 5.97 Å². The number of nitrogens with one attached hydrogen (secondary N) is 2. The van der Waals surface area contributed by atoms with Crippen LogP contribution in [0.25, 0.3) is 0 Å². The Kier molecular flexibility index (Phi) is 7.64. The maximum atomic E-state index is 13.1. The fourth-order valence-corrected chi connectivity index (χ4v) is 2.98. The zero-order chi connectivity index (χ0) is 22.9. The van der Waals surface area contributed by atoms with Crippen LogP contribution in [0.3, 0.4) is 0 Å². The van der Waals surface area contributed by atoms with E-state index in [1.54, 1.807) is 31.2 Å². The summed E-state index contributed by atoms with van der Waals surface area (Å²) in [7, 11) is 1.28. The fourth-order valence-electron chi connectivity index (χ4n) is 2.98. The first kappa shape index (κ1) is 22.6. The molecule has 0 aliphatic rings. The summed E-state index contributed by atoms with van der Waals surface area (Å²) in [5.74, 6) is -0.748. The predicted molar refractivity (Wildman–Crippen MR) is 117 cm³/mol. The van der Waals surface area contributed by atoms with Crippen molar-refractivity contribution in [2.45, 2.75) is 19.4 Å². The van der Waals surface area contributed by atoms with Crippen molar-refractivity contribution in [3.8, 4) is 5.75 Å². The van der Waals surface area contributed by atoms with Gasteiger partial charge in [0.25, 0.3) is 5.91 Å². The summed E-state index contributed by atoms with van der Waals surface area (Å²) in [4.78, 5) is 36.8. The van der Waals surface area contributed by atoms with Gasteiger partial charge in [-0.1, -0.05) is 30.3 Å². The molecule has 1 heterocycles. The maximum Gasteiger partial charge on any atom is 0.343 e. The molecule has 2 amide bonds. The number of aryl methyl sites for hydroxylation is 1. The maximum absolute atomic E-state index is 13.1. The van der Waals surface area contributed by atoms with Gasteiger partial charge in [0.05, 0.1) is 13.4 Å². The van der Waals surface area contributed by atoms with Crippen LogP contribution >= 0.6 is 0 Å². The summed E-state index contributed by atoms with van der Waals surface area (Å²) in [5.41, 5.74) is 2.19. The molecule has 2 N–H and O–H groups in total. The third-order valence-corrected chi connectivity index (χ3v) is 4.69. The van der Waals surface area contributed by atoms with E-state index in [0.29, 0.717) is 17.9 Å². The summed E-state index contributed by atoms with van der Waals surface area (Å²) >= 11 is 0. The Labute approximate surface area is 185 Å². The molecule has 1 unspecified atom stereocenters. The standard InChI is InChI=1S/C24H24N2O6/c1-16-13-18(32-15-22(27)30-2)10-11-19(16)25-23(28)20(14-17-7-4-3-5-8-17)26-24(29)21-9-6-12-31-21/h3-13,20H,14-15H2,1-2H3,(H,25,28)(H,26,29). The summed E-state index contributed by atoms with van der Waals surface area (Å²) in [6, 6.07) is 16.7. The highest BCUT2D eigenvalue weighted by Crippen LogP contribution is 2.22. The molecule has 0 aliphatic heterocycles. The molecule has 0 aliphatic carbocycles. The second kappa shape index (κ2) is 10.8. The number of rotatable bonds is 9. The van der Waals surface area contributed by atoms with Crippen molar-refractivity contribution in [3.05, 3.63) is 83.8 Å². The lowest BCUT2D eigenvalue weighted by molar-refractivity contribution is -0.142. The minimum absolute atomic E-state index is 0.124.